The maximum atomic E-state index is 12.6. The lowest BCUT2D eigenvalue weighted by molar-refractivity contribution is -0.135. The van der Waals surface area contributed by atoms with Crippen LogP contribution in [0.1, 0.15) is 48.7 Å². The van der Waals surface area contributed by atoms with E-state index < -0.39 is 5.97 Å². The van der Waals surface area contributed by atoms with E-state index in [9.17, 15) is 14.4 Å². The van der Waals surface area contributed by atoms with Gasteiger partial charge in [0.05, 0.1) is 11.6 Å². The highest BCUT2D eigenvalue weighted by atomic mass is 16.4. The van der Waals surface area contributed by atoms with E-state index in [0.717, 1.165) is 37.1 Å². The first kappa shape index (κ1) is 20.6. The smallest absolute Gasteiger partial charge is 0.356 e. The zero-order valence-electron chi connectivity index (χ0n) is 16.5. The van der Waals surface area contributed by atoms with Gasteiger partial charge in [-0.1, -0.05) is 19.1 Å². The molecule has 1 saturated heterocycles. The van der Waals surface area contributed by atoms with Gasteiger partial charge in [-0.3, -0.25) is 9.59 Å². The Kier molecular flexibility index (Phi) is 6.64. The van der Waals surface area contributed by atoms with Gasteiger partial charge in [-0.15, -0.1) is 0 Å². The summed E-state index contributed by atoms with van der Waals surface area (Å²) in [6.07, 6.45) is 4.55. The van der Waals surface area contributed by atoms with Crippen LogP contribution in [-0.2, 0) is 16.1 Å². The van der Waals surface area contributed by atoms with Crippen LogP contribution >= 0.6 is 0 Å². The molecule has 8 heteroatoms. The van der Waals surface area contributed by atoms with E-state index in [1.165, 1.54) is 10.7 Å². The van der Waals surface area contributed by atoms with Crippen LogP contribution < -0.4 is 5.32 Å². The number of hydrogen-bond acceptors (Lipinski definition) is 4. The molecular weight excluding hydrogens is 372 g/mol. The maximum Gasteiger partial charge on any atom is 0.356 e. The molecule has 8 nitrogen and oxygen atoms in total. The third kappa shape index (κ3) is 5.22. The standard InChI is InChI=1S/C21H26N4O4/c1-2-5-19(26)24-10-4-7-16(14-24)20(27)22-13-15-6-3-8-17(12-15)25-11-9-18(23-25)21(28)29/h3,6,8-9,11-12,16H,2,4-5,7,10,13-14H2,1H3,(H,22,27)(H,28,29). The monoisotopic (exact) mass is 398 g/mol. The average molecular weight is 398 g/mol. The largest absolute Gasteiger partial charge is 0.476 e. The summed E-state index contributed by atoms with van der Waals surface area (Å²) < 4.78 is 1.49. The molecule has 0 saturated carbocycles. The molecule has 1 aliphatic rings. The van der Waals surface area contributed by atoms with Crippen LogP contribution in [0.2, 0.25) is 0 Å². The molecule has 29 heavy (non-hydrogen) atoms. The van der Waals surface area contributed by atoms with Crippen molar-refractivity contribution in [2.24, 2.45) is 5.92 Å². The van der Waals surface area contributed by atoms with Gasteiger partial charge >= 0.3 is 5.97 Å². The van der Waals surface area contributed by atoms with Gasteiger partial charge in [-0.25, -0.2) is 9.48 Å². The van der Waals surface area contributed by atoms with Gasteiger partial charge in [0.25, 0.3) is 0 Å². The quantitative estimate of drug-likeness (QED) is 0.744. The number of nitrogens with one attached hydrogen (secondary N) is 1. The maximum absolute atomic E-state index is 12.6. The summed E-state index contributed by atoms with van der Waals surface area (Å²) in [7, 11) is 0. The molecule has 1 unspecified atom stereocenters. The lowest BCUT2D eigenvalue weighted by atomic mass is 9.96. The Morgan fingerprint density at radius 2 is 2.10 bits per heavy atom. The van der Waals surface area contributed by atoms with Crippen LogP contribution in [0.5, 0.6) is 0 Å². The second-order valence-corrected chi connectivity index (χ2v) is 7.27. The molecule has 1 aliphatic heterocycles. The van der Waals surface area contributed by atoms with Gasteiger partial charge in [0.15, 0.2) is 5.69 Å². The fraction of sp³-hybridized carbons (Fsp3) is 0.429. The van der Waals surface area contributed by atoms with Crippen molar-refractivity contribution in [2.75, 3.05) is 13.1 Å². The molecule has 0 bridgehead atoms. The molecule has 0 radical (unpaired) electrons. The molecule has 3 rings (SSSR count). The second kappa shape index (κ2) is 9.36. The summed E-state index contributed by atoms with van der Waals surface area (Å²) in [6.45, 7) is 3.55. The molecule has 0 aliphatic carbocycles. The SMILES string of the molecule is CCCC(=O)N1CCCC(C(=O)NCc2cccc(-n3ccc(C(=O)O)n3)c2)C1. The number of carboxylic acids is 1. The molecule has 1 fully saturated rings. The number of carbonyl (C=O) groups excluding carboxylic acids is 2. The van der Waals surface area contributed by atoms with Gasteiger partial charge in [0.2, 0.25) is 11.8 Å². The highest BCUT2D eigenvalue weighted by Crippen LogP contribution is 2.18. The molecule has 154 valence electrons. The van der Waals surface area contributed by atoms with Crippen molar-refractivity contribution in [3.05, 3.63) is 47.8 Å². The van der Waals surface area contributed by atoms with Crippen molar-refractivity contribution in [1.29, 1.82) is 0 Å². The molecular formula is C21H26N4O4. The highest BCUT2D eigenvalue weighted by molar-refractivity contribution is 5.85. The molecule has 1 aromatic heterocycles. The normalized spacial score (nSPS) is 16.4. The van der Waals surface area contributed by atoms with Gasteiger partial charge < -0.3 is 15.3 Å². The minimum atomic E-state index is -1.08. The fourth-order valence-corrected chi connectivity index (χ4v) is 3.51. The lowest BCUT2D eigenvalue weighted by Crippen LogP contribution is -2.45. The van der Waals surface area contributed by atoms with E-state index in [4.69, 9.17) is 5.11 Å². The average Bonchev–Trinajstić information content (AvgIpc) is 3.23. The molecule has 2 amide bonds. The Morgan fingerprint density at radius 1 is 1.28 bits per heavy atom. The summed E-state index contributed by atoms with van der Waals surface area (Å²) in [5, 5.41) is 16.0. The van der Waals surface area contributed by atoms with Crippen molar-refractivity contribution in [3.63, 3.8) is 0 Å². The molecule has 0 spiro atoms. The number of likely N-dealkylation sites (tertiary alicyclic amines) is 1. The van der Waals surface area contributed by atoms with Gasteiger partial charge in [-0.2, -0.15) is 5.10 Å². The number of hydrogen-bond donors (Lipinski definition) is 2. The number of nitrogens with zero attached hydrogens (tertiary/aromatic N) is 3. The fourth-order valence-electron chi connectivity index (χ4n) is 3.51. The highest BCUT2D eigenvalue weighted by Gasteiger charge is 2.27. The number of aromatic carboxylic acids is 1. The number of benzene rings is 1. The molecule has 2 aromatic rings. The van der Waals surface area contributed by atoms with Crippen LogP contribution in [0, 0.1) is 5.92 Å². The third-order valence-electron chi connectivity index (χ3n) is 5.06. The summed E-state index contributed by atoms with van der Waals surface area (Å²) in [4.78, 5) is 37.5. The first-order chi connectivity index (χ1) is 14.0. The van der Waals surface area contributed by atoms with E-state index in [1.807, 2.05) is 31.2 Å². The minimum Gasteiger partial charge on any atom is -0.476 e. The van der Waals surface area contributed by atoms with Crippen molar-refractivity contribution in [2.45, 2.75) is 39.2 Å². The van der Waals surface area contributed by atoms with E-state index in [1.54, 1.807) is 11.1 Å². The zero-order valence-corrected chi connectivity index (χ0v) is 16.5. The Balaban J connectivity index is 1.58. The summed E-state index contributed by atoms with van der Waals surface area (Å²) >= 11 is 0. The molecule has 2 N–H and O–H groups in total. The van der Waals surface area contributed by atoms with Crippen LogP contribution in [-0.4, -0.2) is 50.7 Å². The van der Waals surface area contributed by atoms with Gasteiger partial charge in [-0.05, 0) is 43.0 Å². The van der Waals surface area contributed by atoms with E-state index in [0.29, 0.717) is 19.5 Å². The number of aromatic nitrogens is 2. The topological polar surface area (TPSA) is 105 Å². The number of carbonyl (C=O) groups is 3. The number of amides is 2. The minimum absolute atomic E-state index is 0.0248. The number of rotatable bonds is 7. The zero-order chi connectivity index (χ0) is 20.8. The third-order valence-corrected chi connectivity index (χ3v) is 5.06. The Bertz CT molecular complexity index is 892. The van der Waals surface area contributed by atoms with Gasteiger partial charge in [0, 0.05) is 32.3 Å². The summed E-state index contributed by atoms with van der Waals surface area (Å²) in [5.74, 6) is -1.18. The predicted octanol–water partition coefficient (Wildman–Crippen LogP) is 2.23. The van der Waals surface area contributed by atoms with Crippen molar-refractivity contribution >= 4 is 17.8 Å². The van der Waals surface area contributed by atoms with Crippen LogP contribution in [0.4, 0.5) is 0 Å². The van der Waals surface area contributed by atoms with Crippen molar-refractivity contribution in [1.82, 2.24) is 20.0 Å². The van der Waals surface area contributed by atoms with Crippen molar-refractivity contribution in [3.8, 4) is 5.69 Å². The Labute approximate surface area is 169 Å². The van der Waals surface area contributed by atoms with E-state index >= 15 is 0 Å². The Morgan fingerprint density at radius 3 is 2.83 bits per heavy atom. The van der Waals surface area contributed by atoms with Crippen LogP contribution in [0.3, 0.4) is 0 Å². The summed E-state index contributed by atoms with van der Waals surface area (Å²) in [5.41, 5.74) is 1.58. The van der Waals surface area contributed by atoms with Gasteiger partial charge in [0.1, 0.15) is 0 Å². The lowest BCUT2D eigenvalue weighted by Gasteiger charge is -2.32. The van der Waals surface area contributed by atoms with Crippen molar-refractivity contribution < 1.29 is 19.5 Å². The van der Waals surface area contributed by atoms with E-state index in [-0.39, 0.29) is 23.4 Å². The van der Waals surface area contributed by atoms with Crippen LogP contribution in [0.25, 0.3) is 5.69 Å². The Hall–Kier alpha value is -3.16. The van der Waals surface area contributed by atoms with E-state index in [2.05, 4.69) is 10.4 Å². The predicted molar refractivity (Wildman–Crippen MR) is 107 cm³/mol. The van der Waals surface area contributed by atoms with Crippen LogP contribution in [0.15, 0.2) is 36.5 Å². The molecule has 1 aromatic carbocycles. The first-order valence-electron chi connectivity index (χ1n) is 9.91. The summed E-state index contributed by atoms with van der Waals surface area (Å²) in [6, 6.07) is 8.85. The first-order valence-corrected chi connectivity index (χ1v) is 9.91. The number of carboxylic acid groups (broad SMARTS) is 1. The second-order valence-electron chi connectivity index (χ2n) is 7.27. The number of piperidine rings is 1. The molecule has 1 atom stereocenters. The molecule has 2 heterocycles.